The summed E-state index contributed by atoms with van der Waals surface area (Å²) >= 11 is 0. The zero-order chi connectivity index (χ0) is 26.9. The van der Waals surface area contributed by atoms with Gasteiger partial charge in [-0.15, -0.1) is 20.5 Å². The molecule has 0 saturated carbocycles. The quantitative estimate of drug-likeness (QED) is 0.241. The molecular weight excluding hydrogens is 539 g/mol. The summed E-state index contributed by atoms with van der Waals surface area (Å²) in [7, 11) is -9.89. The molecule has 2 amide bonds. The van der Waals surface area contributed by atoms with Crippen molar-refractivity contribution in [2.24, 2.45) is 11.5 Å². The molecule has 0 aromatic carbocycles. The second kappa shape index (κ2) is 22.0. The van der Waals surface area contributed by atoms with Crippen LogP contribution in [0.4, 0.5) is 0 Å². The lowest BCUT2D eigenvalue weighted by Crippen LogP contribution is -2.91. The molecule has 1 fully saturated rings. The average Bonchev–Trinajstić information content (AvgIpc) is 2.59. The highest BCUT2D eigenvalue weighted by Crippen LogP contribution is 1.96. The molecular formula is C16H40Cl2N6O12. The maximum Gasteiger partial charge on any atom is 0.231 e. The lowest BCUT2D eigenvalue weighted by atomic mass is 10.2. The summed E-state index contributed by atoms with van der Waals surface area (Å²) in [5.74, 6) is -0.522. The summed E-state index contributed by atoms with van der Waals surface area (Å²) in [6.07, 6.45) is 2.03. The zero-order valence-electron chi connectivity index (χ0n) is 20.3. The summed E-state index contributed by atoms with van der Waals surface area (Å²) in [5.41, 5.74) is 10.7. The molecule has 0 radical (unpaired) electrons. The summed E-state index contributed by atoms with van der Waals surface area (Å²) in [4.78, 5) is 26.8. The Balaban J connectivity index is -0.000000361. The molecule has 1 heterocycles. The van der Waals surface area contributed by atoms with E-state index in [2.05, 4.69) is 34.3 Å². The maximum atomic E-state index is 11.2. The van der Waals surface area contributed by atoms with Crippen LogP contribution in [-0.2, 0) is 9.59 Å². The molecule has 2 atom stereocenters. The highest BCUT2D eigenvalue weighted by Gasteiger charge is 2.17. The van der Waals surface area contributed by atoms with Crippen LogP contribution in [-0.4, -0.2) is 97.0 Å². The van der Waals surface area contributed by atoms with Gasteiger partial charge in [0.1, 0.15) is 0 Å². The van der Waals surface area contributed by atoms with Gasteiger partial charge in [0.15, 0.2) is 0 Å². The van der Waals surface area contributed by atoms with Gasteiger partial charge in [-0.25, -0.2) is 37.3 Å². The van der Waals surface area contributed by atoms with Crippen LogP contribution in [0.5, 0.6) is 0 Å². The lowest BCUT2D eigenvalue weighted by Gasteiger charge is -2.25. The van der Waals surface area contributed by atoms with Crippen LogP contribution < -0.4 is 59.4 Å². The average molecular weight is 579 g/mol. The molecule has 0 aromatic heterocycles. The van der Waals surface area contributed by atoms with E-state index in [0.29, 0.717) is 25.2 Å². The maximum absolute atomic E-state index is 11.2. The van der Waals surface area contributed by atoms with E-state index in [4.69, 9.17) is 48.7 Å². The highest BCUT2D eigenvalue weighted by molar-refractivity contribution is 5.76. The van der Waals surface area contributed by atoms with Crippen LogP contribution in [0.2, 0.25) is 0 Å². The van der Waals surface area contributed by atoms with Crippen molar-refractivity contribution in [3.63, 3.8) is 0 Å². The predicted octanol–water partition coefficient (Wildman–Crippen LogP) is -14.9. The molecule has 20 heteroatoms. The van der Waals surface area contributed by atoms with Crippen LogP contribution >= 0.6 is 0 Å². The third-order valence-electron chi connectivity index (χ3n) is 4.59. The number of hydrogen-bond acceptors (Lipinski definition) is 12. The van der Waals surface area contributed by atoms with Gasteiger partial charge < -0.3 is 33.1 Å². The summed E-state index contributed by atoms with van der Waals surface area (Å²) in [5, 5.41) is 4.61. The molecule has 18 nitrogen and oxygen atoms in total. The van der Waals surface area contributed by atoms with Gasteiger partial charge >= 0.3 is 0 Å². The standard InChI is InChI=1S/C16H34N6O2.2ClHO4.2H2O/c1-13-3-7-21(11-15(17)23)10-6-20-14(2)4-8-22(9-5-19-13)12-16(18)24;2*2-1(3,4)5;;/h13-14,19-20H,3-12H2,1-2H3,(H2,17,23)(H2,18,24);2*(H,2,3,4,5);2*1H2/t13-,14+;;;;. The van der Waals surface area contributed by atoms with Gasteiger partial charge in [-0.1, -0.05) is 0 Å². The van der Waals surface area contributed by atoms with Crippen molar-refractivity contribution in [3.8, 4) is 0 Å². The Hall–Kier alpha value is -1.04. The minimum atomic E-state index is -4.94. The Bertz CT molecular complexity index is 511. The number of quaternary nitrogens is 2. The van der Waals surface area contributed by atoms with E-state index < -0.39 is 20.5 Å². The Morgan fingerprint density at radius 2 is 0.944 bits per heavy atom. The fourth-order valence-corrected chi connectivity index (χ4v) is 3.07. The first-order valence-electron chi connectivity index (χ1n) is 10.3. The van der Waals surface area contributed by atoms with Crippen molar-refractivity contribution >= 4 is 11.8 Å². The third kappa shape index (κ3) is 40.1. The van der Waals surface area contributed by atoms with Crippen molar-refractivity contribution in [2.45, 2.75) is 38.8 Å². The van der Waals surface area contributed by atoms with Gasteiger partial charge in [-0.05, 0) is 13.8 Å². The van der Waals surface area contributed by atoms with Crippen LogP contribution in [0.15, 0.2) is 0 Å². The fraction of sp³-hybridized carbons (Fsp3) is 0.875. The summed E-state index contributed by atoms with van der Waals surface area (Å²) < 4.78 is 67.9. The Labute approximate surface area is 213 Å². The van der Waals surface area contributed by atoms with Crippen molar-refractivity contribution in [3.05, 3.63) is 0 Å². The van der Waals surface area contributed by atoms with Crippen LogP contribution in [0, 0.1) is 20.5 Å². The molecule has 220 valence electrons. The number of nitrogens with two attached hydrogens (primary N) is 4. The van der Waals surface area contributed by atoms with Crippen molar-refractivity contribution in [2.75, 3.05) is 52.4 Å². The fourth-order valence-electron chi connectivity index (χ4n) is 3.07. The zero-order valence-corrected chi connectivity index (χ0v) is 21.8. The molecule has 36 heavy (non-hydrogen) atoms. The highest BCUT2D eigenvalue weighted by atomic mass is 35.7. The van der Waals surface area contributed by atoms with Crippen LogP contribution in [0.1, 0.15) is 26.7 Å². The Kier molecular flexibility index (Phi) is 25.7. The minimum Gasteiger partial charge on any atom is -0.412 e. The Morgan fingerprint density at radius 3 is 1.17 bits per heavy atom. The number of amides is 2. The van der Waals surface area contributed by atoms with Gasteiger partial charge in [-0.2, -0.15) is 0 Å². The SMILES string of the molecule is C[C@@H]1CCN(CC(N)=O)CC[NH2+][C@@H](C)CCN(CC(N)=O)CC[NH2+]1.O.O.[O-][Cl+3]([O-])([O-])[O-].[O-][Cl+3]([O-])([O-])[O-]. The second-order valence-electron chi connectivity index (χ2n) is 7.82. The van der Waals surface area contributed by atoms with E-state index in [1.807, 2.05) is 0 Å². The van der Waals surface area contributed by atoms with E-state index in [9.17, 15) is 9.59 Å². The minimum absolute atomic E-state index is 0. The molecule has 1 saturated heterocycles. The molecule has 0 spiro atoms. The van der Waals surface area contributed by atoms with Crippen LogP contribution in [0.25, 0.3) is 0 Å². The molecule has 1 aliphatic rings. The van der Waals surface area contributed by atoms with E-state index in [-0.39, 0.29) is 22.8 Å². The molecule has 0 bridgehead atoms. The monoisotopic (exact) mass is 578 g/mol. The number of nitrogens with zero attached hydrogens (tertiary/aromatic N) is 2. The normalized spacial score (nSPS) is 21.1. The first-order chi connectivity index (χ1) is 15.4. The van der Waals surface area contributed by atoms with Crippen LogP contribution in [0.3, 0.4) is 0 Å². The summed E-state index contributed by atoms with van der Waals surface area (Å²) in [6.45, 7) is 10.5. The second-order valence-corrected chi connectivity index (χ2v) is 9.33. The number of carbonyl (C=O) groups excluding carboxylic acids is 2. The lowest BCUT2D eigenvalue weighted by molar-refractivity contribution is -2.00. The first-order valence-corrected chi connectivity index (χ1v) is 12.7. The van der Waals surface area contributed by atoms with Crippen molar-refractivity contribution in [1.29, 1.82) is 0 Å². The Morgan fingerprint density at radius 1 is 0.694 bits per heavy atom. The summed E-state index contributed by atoms with van der Waals surface area (Å²) in [6, 6.07) is 0.947. The first kappa shape index (κ1) is 42.1. The smallest absolute Gasteiger partial charge is 0.231 e. The largest absolute Gasteiger partial charge is 0.412 e. The van der Waals surface area contributed by atoms with Gasteiger partial charge in [0.2, 0.25) is 11.8 Å². The topological polar surface area (TPSA) is 373 Å². The van der Waals surface area contributed by atoms with Gasteiger partial charge in [0, 0.05) is 39.0 Å². The number of hydrogen-bond donors (Lipinski definition) is 4. The van der Waals surface area contributed by atoms with Gasteiger partial charge in [-0.3, -0.25) is 19.4 Å². The molecule has 1 aliphatic heterocycles. The van der Waals surface area contributed by atoms with Gasteiger partial charge in [0.05, 0.1) is 38.3 Å². The number of primary amides is 2. The van der Waals surface area contributed by atoms with Crippen molar-refractivity contribution in [1.82, 2.24) is 9.80 Å². The predicted molar refractivity (Wildman–Crippen MR) is 100 cm³/mol. The van der Waals surface area contributed by atoms with E-state index in [1.54, 1.807) is 0 Å². The number of halogens is 2. The molecule has 0 aromatic rings. The van der Waals surface area contributed by atoms with Gasteiger partial charge in [0.25, 0.3) is 0 Å². The third-order valence-corrected chi connectivity index (χ3v) is 4.59. The molecule has 0 aliphatic carbocycles. The molecule has 0 unspecified atom stereocenters. The van der Waals surface area contributed by atoms with E-state index in [1.165, 1.54) is 0 Å². The van der Waals surface area contributed by atoms with E-state index in [0.717, 1.165) is 52.1 Å². The molecule has 12 N–H and O–H groups in total. The number of rotatable bonds is 4. The van der Waals surface area contributed by atoms with Crippen molar-refractivity contribution < 1.29 is 88.9 Å². The van der Waals surface area contributed by atoms with E-state index >= 15 is 0 Å². The number of carbonyl (C=O) groups is 2. The molecule has 1 rings (SSSR count).